The van der Waals surface area contributed by atoms with Gasteiger partial charge in [-0.1, -0.05) is 49.4 Å². The molecule has 0 spiro atoms. The van der Waals surface area contributed by atoms with Crippen LogP contribution in [0.4, 0.5) is 5.69 Å². The first-order valence-corrected chi connectivity index (χ1v) is 6.80. The Balaban J connectivity index is 1.94. The molecule has 0 aliphatic rings. The zero-order valence-electron chi connectivity index (χ0n) is 11.8. The van der Waals surface area contributed by atoms with Crippen molar-refractivity contribution in [3.8, 4) is 11.1 Å². The van der Waals surface area contributed by atoms with Crippen LogP contribution in [0.15, 0.2) is 54.6 Å². The lowest BCUT2D eigenvalue weighted by Crippen LogP contribution is -2.20. The molecule has 2 rings (SSSR count). The first-order valence-electron chi connectivity index (χ1n) is 6.80. The summed E-state index contributed by atoms with van der Waals surface area (Å²) in [6, 6.07) is 17.5. The Morgan fingerprint density at radius 3 is 2.19 bits per heavy atom. The van der Waals surface area contributed by atoms with E-state index in [-0.39, 0.29) is 24.9 Å². The highest BCUT2D eigenvalue weighted by Crippen LogP contribution is 2.20. The van der Waals surface area contributed by atoms with Crippen LogP contribution in [0.25, 0.3) is 11.1 Å². The molecule has 0 unspecified atom stereocenters. The summed E-state index contributed by atoms with van der Waals surface area (Å²) < 4.78 is 4.77. The van der Waals surface area contributed by atoms with E-state index in [1.54, 1.807) is 6.92 Å². The molecule has 4 nitrogen and oxygen atoms in total. The van der Waals surface area contributed by atoms with Crippen molar-refractivity contribution < 1.29 is 14.3 Å². The highest BCUT2D eigenvalue weighted by atomic mass is 16.5. The van der Waals surface area contributed by atoms with Gasteiger partial charge in [0.1, 0.15) is 0 Å². The van der Waals surface area contributed by atoms with Crippen molar-refractivity contribution in [1.82, 2.24) is 0 Å². The van der Waals surface area contributed by atoms with Gasteiger partial charge in [0.15, 0.2) is 6.61 Å². The third-order valence-electron chi connectivity index (χ3n) is 2.93. The summed E-state index contributed by atoms with van der Waals surface area (Å²) in [5.74, 6) is -0.728. The fourth-order valence-electron chi connectivity index (χ4n) is 1.82. The van der Waals surface area contributed by atoms with Gasteiger partial charge < -0.3 is 10.1 Å². The summed E-state index contributed by atoms with van der Waals surface area (Å²) in [5, 5.41) is 2.68. The number of rotatable bonds is 5. The lowest BCUT2D eigenvalue weighted by atomic mass is 10.1. The van der Waals surface area contributed by atoms with Crippen LogP contribution in [0.2, 0.25) is 0 Å². The second-order valence-electron chi connectivity index (χ2n) is 4.51. The van der Waals surface area contributed by atoms with Crippen LogP contribution in [0.5, 0.6) is 0 Å². The van der Waals surface area contributed by atoms with Gasteiger partial charge in [0.25, 0.3) is 5.91 Å². The van der Waals surface area contributed by atoms with Gasteiger partial charge in [-0.05, 0) is 23.3 Å². The van der Waals surface area contributed by atoms with Gasteiger partial charge >= 0.3 is 5.97 Å². The maximum absolute atomic E-state index is 11.6. The average Bonchev–Trinajstić information content (AvgIpc) is 2.54. The summed E-state index contributed by atoms with van der Waals surface area (Å²) in [5.41, 5.74) is 2.87. The highest BCUT2D eigenvalue weighted by molar-refractivity contribution is 5.93. The average molecular weight is 283 g/mol. The second-order valence-corrected chi connectivity index (χ2v) is 4.51. The number of nitrogens with one attached hydrogen (secondary N) is 1. The lowest BCUT2D eigenvalue weighted by Gasteiger charge is -2.07. The summed E-state index contributed by atoms with van der Waals surface area (Å²) in [4.78, 5) is 22.6. The molecule has 0 saturated carbocycles. The van der Waals surface area contributed by atoms with Crippen LogP contribution in [-0.2, 0) is 14.3 Å². The largest absolute Gasteiger partial charge is 0.456 e. The van der Waals surface area contributed by atoms with Gasteiger partial charge in [-0.3, -0.25) is 9.59 Å². The molecule has 0 aliphatic heterocycles. The van der Waals surface area contributed by atoms with E-state index in [4.69, 9.17) is 4.74 Å². The molecular weight excluding hydrogens is 266 g/mol. The lowest BCUT2D eigenvalue weighted by molar-refractivity contribution is -0.146. The summed E-state index contributed by atoms with van der Waals surface area (Å²) in [7, 11) is 0. The van der Waals surface area contributed by atoms with E-state index in [1.807, 2.05) is 54.6 Å². The molecule has 0 aromatic heterocycles. The number of benzene rings is 2. The molecule has 0 bridgehead atoms. The van der Waals surface area contributed by atoms with Crippen molar-refractivity contribution >= 4 is 17.6 Å². The van der Waals surface area contributed by atoms with Gasteiger partial charge in [0.05, 0.1) is 0 Å². The fourth-order valence-corrected chi connectivity index (χ4v) is 1.82. The molecule has 0 heterocycles. The van der Waals surface area contributed by atoms with Crippen LogP contribution in [-0.4, -0.2) is 18.5 Å². The molecule has 0 radical (unpaired) electrons. The molecule has 4 heteroatoms. The number of hydrogen-bond donors (Lipinski definition) is 1. The number of hydrogen-bond acceptors (Lipinski definition) is 3. The molecular formula is C17H17NO3. The molecule has 108 valence electrons. The number of carbonyl (C=O) groups excluding carboxylic acids is 2. The van der Waals surface area contributed by atoms with E-state index >= 15 is 0 Å². The number of anilines is 1. The van der Waals surface area contributed by atoms with Crippen molar-refractivity contribution in [1.29, 1.82) is 0 Å². The first-order chi connectivity index (χ1) is 10.2. The van der Waals surface area contributed by atoms with E-state index < -0.39 is 0 Å². The van der Waals surface area contributed by atoms with E-state index in [0.717, 1.165) is 11.1 Å². The van der Waals surface area contributed by atoms with Crippen molar-refractivity contribution in [3.63, 3.8) is 0 Å². The first kappa shape index (κ1) is 14.8. The van der Waals surface area contributed by atoms with Gasteiger partial charge in [-0.25, -0.2) is 0 Å². The van der Waals surface area contributed by atoms with Crippen LogP contribution < -0.4 is 5.32 Å². The van der Waals surface area contributed by atoms with Gasteiger partial charge in [-0.2, -0.15) is 0 Å². The zero-order valence-corrected chi connectivity index (χ0v) is 11.8. The summed E-state index contributed by atoms with van der Waals surface area (Å²) in [6.07, 6.45) is 0.263. The molecule has 0 atom stereocenters. The maximum Gasteiger partial charge on any atom is 0.306 e. The van der Waals surface area contributed by atoms with E-state index in [0.29, 0.717) is 5.69 Å². The molecule has 0 fully saturated rings. The minimum Gasteiger partial charge on any atom is -0.456 e. The van der Waals surface area contributed by atoms with E-state index in [2.05, 4.69) is 5.32 Å². The number of amides is 1. The van der Waals surface area contributed by atoms with Crippen molar-refractivity contribution in [2.45, 2.75) is 13.3 Å². The number of ether oxygens (including phenoxy) is 1. The van der Waals surface area contributed by atoms with Gasteiger partial charge in [0, 0.05) is 12.1 Å². The van der Waals surface area contributed by atoms with E-state index in [9.17, 15) is 9.59 Å². The predicted molar refractivity (Wildman–Crippen MR) is 81.8 cm³/mol. The molecule has 1 amide bonds. The monoisotopic (exact) mass is 283 g/mol. The minimum atomic E-state index is -0.385. The van der Waals surface area contributed by atoms with Crippen molar-refractivity contribution in [2.24, 2.45) is 0 Å². The Hall–Kier alpha value is -2.62. The molecule has 2 aromatic carbocycles. The summed E-state index contributed by atoms with van der Waals surface area (Å²) >= 11 is 0. The Labute approximate surface area is 123 Å². The topological polar surface area (TPSA) is 55.4 Å². The van der Waals surface area contributed by atoms with Crippen molar-refractivity contribution in [2.75, 3.05) is 11.9 Å². The van der Waals surface area contributed by atoms with Crippen LogP contribution >= 0.6 is 0 Å². The SMILES string of the molecule is CCC(=O)OCC(=O)Nc1ccc(-c2ccccc2)cc1. The Kier molecular flexibility index (Phi) is 5.10. The highest BCUT2D eigenvalue weighted by Gasteiger charge is 2.06. The second kappa shape index (κ2) is 7.24. The number of carbonyl (C=O) groups is 2. The maximum atomic E-state index is 11.6. The molecule has 2 aromatic rings. The zero-order chi connectivity index (χ0) is 15.1. The molecule has 0 saturated heterocycles. The van der Waals surface area contributed by atoms with Crippen LogP contribution in [0.3, 0.4) is 0 Å². The summed E-state index contributed by atoms with van der Waals surface area (Å²) in [6.45, 7) is 1.43. The van der Waals surface area contributed by atoms with Crippen LogP contribution in [0.1, 0.15) is 13.3 Å². The predicted octanol–water partition coefficient (Wildman–Crippen LogP) is 3.25. The quantitative estimate of drug-likeness (QED) is 0.857. The van der Waals surface area contributed by atoms with Gasteiger partial charge in [-0.15, -0.1) is 0 Å². The normalized spacial score (nSPS) is 9.95. The van der Waals surface area contributed by atoms with Crippen molar-refractivity contribution in [3.05, 3.63) is 54.6 Å². The fraction of sp³-hybridized carbons (Fsp3) is 0.176. The molecule has 21 heavy (non-hydrogen) atoms. The minimum absolute atomic E-state index is 0.257. The smallest absolute Gasteiger partial charge is 0.306 e. The van der Waals surface area contributed by atoms with E-state index in [1.165, 1.54) is 0 Å². The Morgan fingerprint density at radius 1 is 0.952 bits per heavy atom. The third kappa shape index (κ3) is 4.45. The Bertz CT molecular complexity index is 606. The van der Waals surface area contributed by atoms with Gasteiger partial charge in [0.2, 0.25) is 0 Å². The molecule has 1 N–H and O–H groups in total. The van der Waals surface area contributed by atoms with Crippen LogP contribution in [0, 0.1) is 0 Å². The third-order valence-corrected chi connectivity index (χ3v) is 2.93. The standard InChI is InChI=1S/C17H17NO3/c1-2-17(20)21-12-16(19)18-15-10-8-14(9-11-15)13-6-4-3-5-7-13/h3-11H,2,12H2,1H3,(H,18,19). The Morgan fingerprint density at radius 2 is 1.57 bits per heavy atom. The molecule has 0 aliphatic carbocycles. The number of esters is 1.